The zero-order valence-electron chi connectivity index (χ0n) is 32.8. The summed E-state index contributed by atoms with van der Waals surface area (Å²) in [5.41, 5.74) is 22.3. The first-order valence-corrected chi connectivity index (χ1v) is 18.3. The van der Waals surface area contributed by atoms with E-state index in [4.69, 9.17) is 0 Å². The van der Waals surface area contributed by atoms with Crippen molar-refractivity contribution in [3.05, 3.63) is 135 Å². The number of hydrogen-bond donors (Lipinski definition) is 0. The molecule has 50 heavy (non-hydrogen) atoms. The van der Waals surface area contributed by atoms with E-state index in [0.29, 0.717) is 0 Å². The van der Waals surface area contributed by atoms with Crippen molar-refractivity contribution in [2.24, 2.45) is 4.99 Å². The summed E-state index contributed by atoms with van der Waals surface area (Å²) in [7, 11) is 0. The summed E-state index contributed by atoms with van der Waals surface area (Å²) in [4.78, 5) is 13.7. The van der Waals surface area contributed by atoms with E-state index in [-0.39, 0.29) is 12.6 Å². The standard InChI is InChI=1S/C44H50BN3.C2H6/c1-12-18-46-24-32(8)41-35(11)44(31(7)23-36(41)13-2)45(42-29(5)21-27(3)39(33(42)9)37-16-14-19-47-25-37)43-30(6)22-28(4)40(34(43)10)38-17-15-20-48-26-38;1-2/h12,14-26,32H,13H2,1-11H3;1-2H3/b18-12-,46-24?;. The van der Waals surface area contributed by atoms with Crippen LogP contribution in [0.5, 0.6) is 0 Å². The van der Waals surface area contributed by atoms with Gasteiger partial charge in [0, 0.05) is 54.2 Å². The molecule has 0 amide bonds. The summed E-state index contributed by atoms with van der Waals surface area (Å²) in [6.07, 6.45) is 14.7. The minimum atomic E-state index is 0.0152. The van der Waals surface area contributed by atoms with Gasteiger partial charge in [-0.1, -0.05) is 103 Å². The molecule has 3 nitrogen and oxygen atoms in total. The van der Waals surface area contributed by atoms with E-state index in [1.807, 2.05) is 70.0 Å². The van der Waals surface area contributed by atoms with Crippen LogP contribution in [-0.4, -0.2) is 22.9 Å². The molecular formula is C46H56BN3. The molecule has 1 atom stereocenters. The van der Waals surface area contributed by atoms with Crippen LogP contribution in [0.15, 0.2) is 84.5 Å². The average molecular weight is 662 g/mol. The highest BCUT2D eigenvalue weighted by molar-refractivity contribution is 6.97. The lowest BCUT2D eigenvalue weighted by atomic mass is 9.32. The predicted molar refractivity (Wildman–Crippen MR) is 221 cm³/mol. The lowest BCUT2D eigenvalue weighted by Crippen LogP contribution is -2.58. The van der Waals surface area contributed by atoms with Gasteiger partial charge in [0.15, 0.2) is 0 Å². The maximum absolute atomic E-state index is 4.64. The van der Waals surface area contributed by atoms with Crippen molar-refractivity contribution in [1.82, 2.24) is 9.97 Å². The van der Waals surface area contributed by atoms with Crippen molar-refractivity contribution in [2.45, 2.75) is 102 Å². The van der Waals surface area contributed by atoms with Crippen LogP contribution in [-0.2, 0) is 6.42 Å². The van der Waals surface area contributed by atoms with Crippen molar-refractivity contribution in [3.8, 4) is 22.3 Å². The Morgan fingerprint density at radius 3 is 1.56 bits per heavy atom. The van der Waals surface area contributed by atoms with E-state index >= 15 is 0 Å². The molecule has 0 N–H and O–H groups in total. The zero-order chi connectivity index (χ0) is 36.7. The summed E-state index contributed by atoms with van der Waals surface area (Å²) >= 11 is 0. The van der Waals surface area contributed by atoms with Crippen molar-refractivity contribution in [2.75, 3.05) is 0 Å². The highest BCUT2D eigenvalue weighted by atomic mass is 14.7. The van der Waals surface area contributed by atoms with E-state index in [2.05, 4.69) is 121 Å². The van der Waals surface area contributed by atoms with Crippen LogP contribution in [0.4, 0.5) is 0 Å². The molecule has 0 fully saturated rings. The molecule has 3 aromatic carbocycles. The Bertz CT molecular complexity index is 1910. The molecule has 2 heterocycles. The average Bonchev–Trinajstić information content (AvgIpc) is 3.09. The lowest BCUT2D eigenvalue weighted by molar-refractivity contribution is 0.966. The molecule has 0 saturated carbocycles. The van der Waals surface area contributed by atoms with Gasteiger partial charge in [-0.25, -0.2) is 0 Å². The first-order valence-electron chi connectivity index (χ1n) is 18.3. The van der Waals surface area contributed by atoms with Gasteiger partial charge in [-0.3, -0.25) is 15.0 Å². The largest absolute Gasteiger partial charge is 0.269 e. The van der Waals surface area contributed by atoms with Crippen molar-refractivity contribution in [1.29, 1.82) is 0 Å². The third-order valence-electron chi connectivity index (χ3n) is 10.2. The molecule has 0 aliphatic carbocycles. The number of rotatable bonds is 9. The molecule has 0 aliphatic heterocycles. The number of nitrogens with zero attached hydrogens (tertiary/aromatic N) is 3. The summed E-state index contributed by atoms with van der Waals surface area (Å²) in [5.74, 6) is 0.175. The number of aliphatic imine (C=N–C) groups is 1. The monoisotopic (exact) mass is 661 g/mol. The number of pyridine rings is 2. The van der Waals surface area contributed by atoms with Crippen LogP contribution < -0.4 is 16.4 Å². The van der Waals surface area contributed by atoms with Gasteiger partial charge >= 0.3 is 0 Å². The fourth-order valence-electron chi connectivity index (χ4n) is 8.44. The molecule has 0 aliphatic rings. The van der Waals surface area contributed by atoms with Gasteiger partial charge in [0.25, 0.3) is 0 Å². The number of allylic oxidation sites excluding steroid dienone is 1. The molecule has 5 rings (SSSR count). The molecule has 5 aromatic rings. The Hall–Kier alpha value is -4.57. The summed E-state index contributed by atoms with van der Waals surface area (Å²) in [5, 5.41) is 0. The molecule has 1 unspecified atom stereocenters. The van der Waals surface area contributed by atoms with Gasteiger partial charge in [-0.05, 0) is 125 Å². The van der Waals surface area contributed by atoms with E-state index in [9.17, 15) is 0 Å². The first-order chi connectivity index (χ1) is 24.0. The van der Waals surface area contributed by atoms with E-state index < -0.39 is 0 Å². The van der Waals surface area contributed by atoms with Gasteiger partial charge in [0.2, 0.25) is 6.71 Å². The maximum Gasteiger partial charge on any atom is 0.243 e. The molecular weight excluding hydrogens is 605 g/mol. The molecule has 258 valence electrons. The number of benzene rings is 3. The number of aromatic nitrogens is 2. The number of aryl methyl sites for hydroxylation is 6. The smallest absolute Gasteiger partial charge is 0.243 e. The van der Waals surface area contributed by atoms with Gasteiger partial charge in [0.05, 0.1) is 0 Å². The van der Waals surface area contributed by atoms with Crippen LogP contribution in [0.1, 0.15) is 96.2 Å². The normalized spacial score (nSPS) is 11.9. The Morgan fingerprint density at radius 1 is 0.680 bits per heavy atom. The van der Waals surface area contributed by atoms with E-state index in [0.717, 1.165) is 17.5 Å². The SMILES string of the molecule is C/C=C\N=CC(C)c1c(CC)cc(C)c(B(c2c(C)cc(C)c(-c3cccnc3)c2C)c2c(C)cc(C)c(-c3cccnc3)c2C)c1C.CC. The first kappa shape index (κ1) is 38.2. The third kappa shape index (κ3) is 7.45. The second-order valence-corrected chi connectivity index (χ2v) is 13.5. The quantitative estimate of drug-likeness (QED) is 0.117. The second kappa shape index (κ2) is 16.9. The minimum absolute atomic E-state index is 0.0152. The second-order valence-electron chi connectivity index (χ2n) is 13.5. The fraction of sp³-hybridized carbons (Fsp3) is 0.326. The summed E-state index contributed by atoms with van der Waals surface area (Å²) in [6, 6.07) is 15.7. The van der Waals surface area contributed by atoms with Gasteiger partial charge in [-0.15, -0.1) is 0 Å². The van der Waals surface area contributed by atoms with E-state index in [1.54, 1.807) is 0 Å². The summed E-state index contributed by atoms with van der Waals surface area (Å²) < 4.78 is 0. The Kier molecular flexibility index (Phi) is 12.9. The molecule has 0 bridgehead atoms. The van der Waals surface area contributed by atoms with Crippen molar-refractivity contribution < 1.29 is 0 Å². The van der Waals surface area contributed by atoms with Crippen LogP contribution in [0.2, 0.25) is 0 Å². The van der Waals surface area contributed by atoms with Gasteiger partial charge < -0.3 is 0 Å². The number of hydrogen-bond acceptors (Lipinski definition) is 3. The lowest BCUT2D eigenvalue weighted by Gasteiger charge is -2.31. The van der Waals surface area contributed by atoms with Crippen molar-refractivity contribution >= 4 is 29.3 Å². The van der Waals surface area contributed by atoms with Crippen LogP contribution >= 0.6 is 0 Å². The van der Waals surface area contributed by atoms with Crippen molar-refractivity contribution in [3.63, 3.8) is 0 Å². The highest BCUT2D eigenvalue weighted by Crippen LogP contribution is 2.32. The third-order valence-corrected chi connectivity index (χ3v) is 10.2. The van der Waals surface area contributed by atoms with Crippen LogP contribution in [0.3, 0.4) is 0 Å². The summed E-state index contributed by atoms with van der Waals surface area (Å²) in [6.45, 7) is 29.0. The molecule has 4 heteroatoms. The molecule has 0 radical (unpaired) electrons. The fourth-order valence-corrected chi connectivity index (χ4v) is 8.44. The Balaban J connectivity index is 0.00000276. The zero-order valence-corrected chi connectivity index (χ0v) is 32.8. The van der Waals surface area contributed by atoms with E-state index in [1.165, 1.54) is 83.1 Å². The molecule has 0 saturated heterocycles. The predicted octanol–water partition coefficient (Wildman–Crippen LogP) is 10.1. The Morgan fingerprint density at radius 2 is 1.14 bits per heavy atom. The maximum atomic E-state index is 4.64. The van der Waals surface area contributed by atoms with Gasteiger partial charge in [0.1, 0.15) is 0 Å². The van der Waals surface area contributed by atoms with Gasteiger partial charge in [-0.2, -0.15) is 0 Å². The topological polar surface area (TPSA) is 38.1 Å². The molecule has 2 aromatic heterocycles. The van der Waals surface area contributed by atoms with Crippen LogP contribution in [0.25, 0.3) is 22.3 Å². The molecule has 0 spiro atoms. The Labute approximate surface area is 303 Å². The highest BCUT2D eigenvalue weighted by Gasteiger charge is 2.34. The minimum Gasteiger partial charge on any atom is -0.269 e. The van der Waals surface area contributed by atoms with Crippen LogP contribution in [0, 0.1) is 55.4 Å².